The zero-order chi connectivity index (χ0) is 18.4. The Morgan fingerprint density at radius 1 is 1.00 bits per heavy atom. The second-order valence-corrected chi connectivity index (χ2v) is 5.60. The lowest BCUT2D eigenvalue weighted by atomic mass is 10.1. The number of nitrogens with one attached hydrogen (secondary N) is 2. The highest BCUT2D eigenvalue weighted by molar-refractivity contribution is 5.97. The SMILES string of the molecule is CNC(=O)c1ccc(NC(=O)COC(=O)c2cc(C)ccc2C)cc1. The summed E-state index contributed by atoms with van der Waals surface area (Å²) in [6.07, 6.45) is 0. The van der Waals surface area contributed by atoms with Crippen LogP contribution in [-0.2, 0) is 9.53 Å². The molecule has 0 radical (unpaired) electrons. The first kappa shape index (κ1) is 18.2. The highest BCUT2D eigenvalue weighted by atomic mass is 16.5. The summed E-state index contributed by atoms with van der Waals surface area (Å²) in [5, 5.41) is 5.13. The van der Waals surface area contributed by atoms with Crippen LogP contribution in [0.2, 0.25) is 0 Å². The van der Waals surface area contributed by atoms with Gasteiger partial charge in [-0.15, -0.1) is 0 Å². The Kier molecular flexibility index (Phi) is 5.89. The molecule has 6 heteroatoms. The first-order valence-corrected chi connectivity index (χ1v) is 7.77. The van der Waals surface area contributed by atoms with Crippen molar-refractivity contribution in [2.75, 3.05) is 19.0 Å². The molecule has 0 atom stereocenters. The maximum absolute atomic E-state index is 12.1. The van der Waals surface area contributed by atoms with Gasteiger partial charge >= 0.3 is 5.97 Å². The maximum Gasteiger partial charge on any atom is 0.338 e. The van der Waals surface area contributed by atoms with E-state index in [9.17, 15) is 14.4 Å². The second kappa shape index (κ2) is 8.10. The van der Waals surface area contributed by atoms with Crippen molar-refractivity contribution in [3.63, 3.8) is 0 Å². The van der Waals surface area contributed by atoms with Gasteiger partial charge in [-0.25, -0.2) is 4.79 Å². The molecule has 0 bridgehead atoms. The third-order valence-electron chi connectivity index (χ3n) is 3.61. The molecule has 25 heavy (non-hydrogen) atoms. The number of esters is 1. The fourth-order valence-electron chi connectivity index (χ4n) is 2.21. The van der Waals surface area contributed by atoms with E-state index in [1.165, 1.54) is 0 Å². The average molecular weight is 340 g/mol. The summed E-state index contributed by atoms with van der Waals surface area (Å²) >= 11 is 0. The van der Waals surface area contributed by atoms with Gasteiger partial charge in [0.25, 0.3) is 11.8 Å². The first-order valence-electron chi connectivity index (χ1n) is 7.77. The smallest absolute Gasteiger partial charge is 0.338 e. The van der Waals surface area contributed by atoms with E-state index in [1.807, 2.05) is 26.0 Å². The van der Waals surface area contributed by atoms with Gasteiger partial charge in [0.05, 0.1) is 5.56 Å². The molecule has 2 rings (SSSR count). The van der Waals surface area contributed by atoms with Crippen molar-refractivity contribution >= 4 is 23.5 Å². The van der Waals surface area contributed by atoms with Crippen LogP contribution in [0.5, 0.6) is 0 Å². The van der Waals surface area contributed by atoms with Crippen LogP contribution in [0.25, 0.3) is 0 Å². The minimum atomic E-state index is -0.536. The van der Waals surface area contributed by atoms with Gasteiger partial charge in [0.2, 0.25) is 0 Å². The second-order valence-electron chi connectivity index (χ2n) is 5.60. The normalized spacial score (nSPS) is 10.0. The van der Waals surface area contributed by atoms with Gasteiger partial charge in [-0.05, 0) is 49.7 Å². The number of carbonyl (C=O) groups is 3. The molecular weight excluding hydrogens is 320 g/mol. The summed E-state index contributed by atoms with van der Waals surface area (Å²) in [6, 6.07) is 11.9. The summed E-state index contributed by atoms with van der Waals surface area (Å²) in [6.45, 7) is 3.30. The van der Waals surface area contributed by atoms with E-state index < -0.39 is 11.9 Å². The minimum absolute atomic E-state index is 0.208. The predicted molar refractivity (Wildman–Crippen MR) is 94.7 cm³/mol. The number of ether oxygens (including phenoxy) is 1. The number of amides is 2. The monoisotopic (exact) mass is 340 g/mol. The van der Waals surface area contributed by atoms with Crippen LogP contribution in [0, 0.1) is 13.8 Å². The molecule has 0 saturated heterocycles. The third kappa shape index (κ3) is 4.91. The van der Waals surface area contributed by atoms with Crippen LogP contribution in [0.3, 0.4) is 0 Å². The molecule has 0 heterocycles. The van der Waals surface area contributed by atoms with Crippen LogP contribution in [0.4, 0.5) is 5.69 Å². The quantitative estimate of drug-likeness (QED) is 0.819. The van der Waals surface area contributed by atoms with E-state index in [0.29, 0.717) is 16.8 Å². The molecule has 2 aromatic rings. The van der Waals surface area contributed by atoms with Gasteiger partial charge < -0.3 is 15.4 Å². The number of rotatable bonds is 5. The Morgan fingerprint density at radius 2 is 1.68 bits per heavy atom. The summed E-state index contributed by atoms with van der Waals surface area (Å²) in [5.41, 5.74) is 3.18. The van der Waals surface area contributed by atoms with E-state index in [4.69, 9.17) is 4.74 Å². The zero-order valence-electron chi connectivity index (χ0n) is 14.4. The van der Waals surface area contributed by atoms with Gasteiger partial charge in [-0.3, -0.25) is 9.59 Å². The first-order chi connectivity index (χ1) is 11.9. The van der Waals surface area contributed by atoms with Crippen LogP contribution in [0.1, 0.15) is 31.8 Å². The fourth-order valence-corrected chi connectivity index (χ4v) is 2.21. The molecule has 0 fully saturated rings. The van der Waals surface area contributed by atoms with E-state index in [1.54, 1.807) is 37.4 Å². The topological polar surface area (TPSA) is 84.5 Å². The van der Waals surface area contributed by atoms with Crippen molar-refractivity contribution in [3.8, 4) is 0 Å². The van der Waals surface area contributed by atoms with Crippen molar-refractivity contribution in [1.29, 1.82) is 0 Å². The number of benzene rings is 2. The highest BCUT2D eigenvalue weighted by Gasteiger charge is 2.13. The lowest BCUT2D eigenvalue weighted by molar-refractivity contribution is -0.119. The van der Waals surface area contributed by atoms with Gasteiger partial charge in [0.1, 0.15) is 0 Å². The van der Waals surface area contributed by atoms with Crippen LogP contribution >= 0.6 is 0 Å². The lowest BCUT2D eigenvalue weighted by Gasteiger charge is -2.09. The number of hydrogen-bond acceptors (Lipinski definition) is 4. The van der Waals surface area contributed by atoms with E-state index >= 15 is 0 Å². The Balaban J connectivity index is 1.91. The van der Waals surface area contributed by atoms with E-state index in [2.05, 4.69) is 10.6 Å². The molecule has 0 aromatic heterocycles. The lowest BCUT2D eigenvalue weighted by Crippen LogP contribution is -2.21. The Bertz CT molecular complexity index is 798. The maximum atomic E-state index is 12.1. The Hall–Kier alpha value is -3.15. The van der Waals surface area contributed by atoms with E-state index in [0.717, 1.165) is 11.1 Å². The summed E-state index contributed by atoms with van der Waals surface area (Å²) in [5.74, 6) is -1.20. The minimum Gasteiger partial charge on any atom is -0.452 e. The van der Waals surface area contributed by atoms with Gasteiger partial charge in [0.15, 0.2) is 6.61 Å². The summed E-state index contributed by atoms with van der Waals surface area (Å²) < 4.78 is 5.06. The molecule has 2 amide bonds. The summed E-state index contributed by atoms with van der Waals surface area (Å²) in [7, 11) is 1.54. The molecule has 2 aromatic carbocycles. The molecule has 0 unspecified atom stereocenters. The molecule has 0 aliphatic carbocycles. The average Bonchev–Trinajstić information content (AvgIpc) is 2.61. The standard InChI is InChI=1S/C19H20N2O4/c1-12-4-5-13(2)16(10-12)19(24)25-11-17(22)21-15-8-6-14(7-9-15)18(23)20-3/h4-10H,11H2,1-3H3,(H,20,23)(H,21,22). The van der Waals surface area contributed by atoms with Crippen molar-refractivity contribution in [1.82, 2.24) is 5.32 Å². The fraction of sp³-hybridized carbons (Fsp3) is 0.211. The molecular formula is C19H20N2O4. The number of carbonyl (C=O) groups excluding carboxylic acids is 3. The zero-order valence-corrected chi connectivity index (χ0v) is 14.4. The number of anilines is 1. The molecule has 6 nitrogen and oxygen atoms in total. The van der Waals surface area contributed by atoms with Gasteiger partial charge in [-0.1, -0.05) is 17.7 Å². The number of aryl methyl sites for hydroxylation is 2. The van der Waals surface area contributed by atoms with Crippen LogP contribution in [-0.4, -0.2) is 31.4 Å². The molecule has 0 spiro atoms. The third-order valence-corrected chi connectivity index (χ3v) is 3.61. The molecule has 0 saturated carbocycles. The Morgan fingerprint density at radius 3 is 2.32 bits per heavy atom. The van der Waals surface area contributed by atoms with Crippen LogP contribution < -0.4 is 10.6 Å². The van der Waals surface area contributed by atoms with Gasteiger partial charge in [-0.2, -0.15) is 0 Å². The largest absolute Gasteiger partial charge is 0.452 e. The summed E-state index contributed by atoms with van der Waals surface area (Å²) in [4.78, 5) is 35.4. The molecule has 130 valence electrons. The predicted octanol–water partition coefficient (Wildman–Crippen LogP) is 2.46. The van der Waals surface area contributed by atoms with Crippen molar-refractivity contribution in [3.05, 3.63) is 64.7 Å². The van der Waals surface area contributed by atoms with Crippen LogP contribution in [0.15, 0.2) is 42.5 Å². The number of hydrogen-bond donors (Lipinski definition) is 2. The highest BCUT2D eigenvalue weighted by Crippen LogP contribution is 2.13. The molecule has 2 N–H and O–H groups in total. The van der Waals surface area contributed by atoms with Gasteiger partial charge in [0, 0.05) is 18.3 Å². The molecule has 0 aliphatic rings. The van der Waals surface area contributed by atoms with Crippen molar-refractivity contribution < 1.29 is 19.1 Å². The molecule has 0 aliphatic heterocycles. The van der Waals surface area contributed by atoms with E-state index in [-0.39, 0.29) is 12.5 Å². The van der Waals surface area contributed by atoms with Crippen molar-refractivity contribution in [2.24, 2.45) is 0 Å². The Labute approximate surface area is 146 Å². The van der Waals surface area contributed by atoms with Crippen molar-refractivity contribution in [2.45, 2.75) is 13.8 Å².